The molecule has 2 aliphatic rings. The van der Waals surface area contributed by atoms with Crippen molar-refractivity contribution in [3.63, 3.8) is 0 Å². The zero-order chi connectivity index (χ0) is 14.8. The van der Waals surface area contributed by atoms with Crippen LogP contribution in [0.1, 0.15) is 23.6 Å². The maximum absolute atomic E-state index is 10.1. The number of benzene rings is 1. The van der Waals surface area contributed by atoms with E-state index in [4.69, 9.17) is 4.74 Å². The van der Waals surface area contributed by atoms with Gasteiger partial charge in [-0.15, -0.1) is 0 Å². The van der Waals surface area contributed by atoms with E-state index in [1.165, 1.54) is 0 Å². The predicted octanol–water partition coefficient (Wildman–Crippen LogP) is 0.712. The van der Waals surface area contributed by atoms with Gasteiger partial charge in [-0.1, -0.05) is 0 Å². The van der Waals surface area contributed by atoms with Crippen LogP contribution in [-0.4, -0.2) is 59.6 Å². The topological polar surface area (TPSA) is 85.2 Å². The number of fused-ring (bicyclic) bond motifs is 1. The molecule has 3 rings (SSSR count). The van der Waals surface area contributed by atoms with Crippen LogP contribution < -0.4 is 5.32 Å². The number of rotatable bonds is 3. The van der Waals surface area contributed by atoms with E-state index in [9.17, 15) is 15.3 Å². The van der Waals surface area contributed by atoms with E-state index in [-0.39, 0.29) is 17.5 Å². The maximum atomic E-state index is 10.1. The molecule has 6 heteroatoms. The summed E-state index contributed by atoms with van der Waals surface area (Å²) in [6.07, 6.45) is 1.59. The maximum Gasteiger partial charge on any atom is 0.200 e. The summed E-state index contributed by atoms with van der Waals surface area (Å²) in [4.78, 5) is 2.34. The van der Waals surface area contributed by atoms with Crippen molar-refractivity contribution in [2.75, 3.05) is 39.4 Å². The molecular formula is C15H22N2O4. The largest absolute Gasteiger partial charge is 0.504 e. The number of hydrogen-bond acceptors (Lipinski definition) is 6. The van der Waals surface area contributed by atoms with E-state index in [1.807, 2.05) is 0 Å². The quantitative estimate of drug-likeness (QED) is 0.615. The molecule has 1 unspecified atom stereocenters. The summed E-state index contributed by atoms with van der Waals surface area (Å²) in [5.41, 5.74) is 1.64. The Hall–Kier alpha value is -1.50. The summed E-state index contributed by atoms with van der Waals surface area (Å²) >= 11 is 0. The molecule has 6 nitrogen and oxygen atoms in total. The van der Waals surface area contributed by atoms with Crippen molar-refractivity contribution in [3.05, 3.63) is 17.2 Å². The molecule has 0 aromatic heterocycles. The fraction of sp³-hybridized carbons (Fsp3) is 0.600. The number of phenolic OH excluding ortho intramolecular Hbond substituents is 3. The van der Waals surface area contributed by atoms with E-state index >= 15 is 0 Å². The van der Waals surface area contributed by atoms with Crippen LogP contribution in [0, 0.1) is 0 Å². The molecule has 0 radical (unpaired) electrons. The lowest BCUT2D eigenvalue weighted by molar-refractivity contribution is 0.0360. The van der Waals surface area contributed by atoms with Crippen molar-refractivity contribution < 1.29 is 20.1 Å². The molecule has 1 saturated heterocycles. The lowest BCUT2D eigenvalue weighted by atomic mass is 9.90. The number of phenols is 3. The molecule has 4 N–H and O–H groups in total. The summed E-state index contributed by atoms with van der Waals surface area (Å²) < 4.78 is 5.34. The van der Waals surface area contributed by atoms with Gasteiger partial charge in [0.05, 0.1) is 13.2 Å². The zero-order valence-corrected chi connectivity index (χ0v) is 12.0. The Morgan fingerprint density at radius 2 is 1.95 bits per heavy atom. The number of nitrogens with zero attached hydrogens (tertiary/aromatic N) is 1. The summed E-state index contributed by atoms with van der Waals surface area (Å²) in [7, 11) is 0. The molecule has 0 saturated carbocycles. The second-order valence-corrected chi connectivity index (χ2v) is 5.67. The second-order valence-electron chi connectivity index (χ2n) is 5.67. The molecule has 1 atom stereocenters. The van der Waals surface area contributed by atoms with Gasteiger partial charge in [0, 0.05) is 31.2 Å². The fourth-order valence-corrected chi connectivity index (χ4v) is 3.17. The number of ether oxygens (including phenoxy) is 1. The van der Waals surface area contributed by atoms with E-state index < -0.39 is 5.75 Å². The van der Waals surface area contributed by atoms with Crippen LogP contribution in [-0.2, 0) is 11.2 Å². The lowest BCUT2D eigenvalue weighted by Crippen LogP contribution is -2.39. The molecule has 1 fully saturated rings. The van der Waals surface area contributed by atoms with E-state index in [1.54, 1.807) is 6.07 Å². The first-order valence-electron chi connectivity index (χ1n) is 7.47. The van der Waals surface area contributed by atoms with E-state index in [2.05, 4.69) is 10.2 Å². The molecule has 2 aliphatic heterocycles. The van der Waals surface area contributed by atoms with Gasteiger partial charge in [-0.3, -0.25) is 4.90 Å². The third-order valence-electron chi connectivity index (χ3n) is 4.35. The van der Waals surface area contributed by atoms with Crippen LogP contribution in [0.5, 0.6) is 17.2 Å². The van der Waals surface area contributed by atoms with Gasteiger partial charge in [-0.25, -0.2) is 0 Å². The third kappa shape index (κ3) is 2.92. The Morgan fingerprint density at radius 1 is 1.19 bits per heavy atom. The van der Waals surface area contributed by atoms with Gasteiger partial charge < -0.3 is 25.4 Å². The Labute approximate surface area is 124 Å². The van der Waals surface area contributed by atoms with Crippen molar-refractivity contribution in [1.82, 2.24) is 10.2 Å². The minimum absolute atomic E-state index is 0.00287. The Balaban J connectivity index is 1.75. The smallest absolute Gasteiger partial charge is 0.200 e. The average Bonchev–Trinajstić information content (AvgIpc) is 2.51. The standard InChI is InChI=1S/C15H22N2O4/c18-12-9-10-1-3-16-11(13(10)15(20)14(12)19)2-4-17-5-7-21-8-6-17/h9,11,16,18-20H,1-8H2. The minimum Gasteiger partial charge on any atom is -0.504 e. The minimum atomic E-state index is -0.422. The Morgan fingerprint density at radius 3 is 2.71 bits per heavy atom. The van der Waals surface area contributed by atoms with Crippen molar-refractivity contribution in [2.45, 2.75) is 18.9 Å². The normalized spacial score (nSPS) is 23.0. The molecule has 2 heterocycles. The van der Waals surface area contributed by atoms with Gasteiger partial charge in [0.2, 0.25) is 5.75 Å². The van der Waals surface area contributed by atoms with Gasteiger partial charge in [0.25, 0.3) is 0 Å². The molecule has 0 spiro atoms. The monoisotopic (exact) mass is 294 g/mol. The summed E-state index contributed by atoms with van der Waals surface area (Å²) in [6.45, 7) is 5.15. The highest BCUT2D eigenvalue weighted by Gasteiger charge is 2.27. The Bertz CT molecular complexity index is 515. The third-order valence-corrected chi connectivity index (χ3v) is 4.35. The molecule has 1 aromatic rings. The number of hydrogen-bond donors (Lipinski definition) is 4. The van der Waals surface area contributed by atoms with Crippen molar-refractivity contribution in [3.8, 4) is 17.2 Å². The highest BCUT2D eigenvalue weighted by atomic mass is 16.5. The average molecular weight is 294 g/mol. The van der Waals surface area contributed by atoms with Gasteiger partial charge in [-0.05, 0) is 31.0 Å². The van der Waals surface area contributed by atoms with Crippen LogP contribution in [0.3, 0.4) is 0 Å². The Kier molecular flexibility index (Phi) is 4.19. The zero-order valence-electron chi connectivity index (χ0n) is 12.0. The summed E-state index contributed by atoms with van der Waals surface area (Å²) in [5, 5.41) is 32.9. The summed E-state index contributed by atoms with van der Waals surface area (Å²) in [5.74, 6) is -0.863. The van der Waals surface area contributed by atoms with Gasteiger partial charge in [-0.2, -0.15) is 0 Å². The summed E-state index contributed by atoms with van der Waals surface area (Å²) in [6, 6.07) is 1.57. The first kappa shape index (κ1) is 14.4. The highest BCUT2D eigenvalue weighted by molar-refractivity contribution is 5.58. The molecular weight excluding hydrogens is 272 g/mol. The van der Waals surface area contributed by atoms with Crippen LogP contribution in [0.2, 0.25) is 0 Å². The van der Waals surface area contributed by atoms with Crippen LogP contribution in [0.15, 0.2) is 6.07 Å². The van der Waals surface area contributed by atoms with Crippen LogP contribution in [0.4, 0.5) is 0 Å². The van der Waals surface area contributed by atoms with E-state index in [0.717, 1.165) is 63.4 Å². The SMILES string of the molecule is Oc1cc2c(c(O)c1O)C(CCN1CCOCC1)NCC2. The van der Waals surface area contributed by atoms with Crippen molar-refractivity contribution in [1.29, 1.82) is 0 Å². The molecule has 0 aliphatic carbocycles. The van der Waals surface area contributed by atoms with Gasteiger partial charge in [0.15, 0.2) is 11.5 Å². The molecule has 1 aromatic carbocycles. The van der Waals surface area contributed by atoms with Crippen molar-refractivity contribution in [2.24, 2.45) is 0 Å². The molecule has 0 amide bonds. The van der Waals surface area contributed by atoms with Gasteiger partial charge >= 0.3 is 0 Å². The second kappa shape index (κ2) is 6.09. The number of aromatic hydroxyl groups is 3. The predicted molar refractivity (Wildman–Crippen MR) is 77.8 cm³/mol. The molecule has 21 heavy (non-hydrogen) atoms. The first-order valence-corrected chi connectivity index (χ1v) is 7.47. The first-order chi connectivity index (χ1) is 10.2. The number of nitrogens with one attached hydrogen (secondary N) is 1. The fourth-order valence-electron chi connectivity index (χ4n) is 3.17. The molecule has 0 bridgehead atoms. The molecule has 116 valence electrons. The van der Waals surface area contributed by atoms with Crippen LogP contribution >= 0.6 is 0 Å². The number of morpholine rings is 1. The van der Waals surface area contributed by atoms with Crippen molar-refractivity contribution >= 4 is 0 Å². The van der Waals surface area contributed by atoms with Gasteiger partial charge in [0.1, 0.15) is 0 Å². The lowest BCUT2D eigenvalue weighted by Gasteiger charge is -2.32. The van der Waals surface area contributed by atoms with Crippen LogP contribution in [0.25, 0.3) is 0 Å². The van der Waals surface area contributed by atoms with E-state index in [0.29, 0.717) is 0 Å². The highest BCUT2D eigenvalue weighted by Crippen LogP contribution is 2.44.